The second-order valence-electron chi connectivity index (χ2n) is 7.70. The number of thioether (sulfide) groups is 1. The van der Waals surface area contributed by atoms with Gasteiger partial charge in [0.1, 0.15) is 11.8 Å². The number of carboxylic acids is 1. The number of imidazole rings is 1. The van der Waals surface area contributed by atoms with Crippen molar-refractivity contribution in [3.05, 3.63) is 54.1 Å². The smallest absolute Gasteiger partial charge is 0.327 e. The molecule has 7 heteroatoms. The number of ether oxygens (including phenoxy) is 1. The highest BCUT2D eigenvalue weighted by molar-refractivity contribution is 7.99. The van der Waals surface area contributed by atoms with E-state index in [0.29, 0.717) is 34.1 Å². The van der Waals surface area contributed by atoms with Crippen molar-refractivity contribution in [2.24, 2.45) is 5.41 Å². The molecule has 1 unspecified atom stereocenters. The topological polar surface area (TPSA) is 88.1 Å². The number of hydrogen-bond donors (Lipinski definition) is 1. The van der Waals surface area contributed by atoms with Gasteiger partial charge in [-0.25, -0.2) is 9.78 Å². The van der Waals surface area contributed by atoms with Crippen molar-refractivity contribution in [3.63, 3.8) is 0 Å². The number of para-hydroxylation sites is 1. The summed E-state index contributed by atoms with van der Waals surface area (Å²) < 4.78 is 7.51. The van der Waals surface area contributed by atoms with Crippen LogP contribution in [0, 0.1) is 16.7 Å². The summed E-state index contributed by atoms with van der Waals surface area (Å²) in [6.07, 6.45) is 0. The lowest BCUT2D eigenvalue weighted by molar-refractivity contribution is -0.144. The highest BCUT2D eigenvalue weighted by atomic mass is 32.2. The van der Waals surface area contributed by atoms with E-state index in [1.54, 1.807) is 22.8 Å². The summed E-state index contributed by atoms with van der Waals surface area (Å²) in [5, 5.41) is 19.7. The fourth-order valence-electron chi connectivity index (χ4n) is 3.17. The molecule has 3 rings (SSSR count). The first-order chi connectivity index (χ1) is 13.8. The average Bonchev–Trinajstić information content (AvgIpc) is 3.01. The lowest BCUT2D eigenvalue weighted by Gasteiger charge is -2.29. The molecule has 2 aromatic carbocycles. The van der Waals surface area contributed by atoms with Crippen LogP contribution in [0.4, 0.5) is 0 Å². The van der Waals surface area contributed by atoms with Crippen LogP contribution >= 0.6 is 11.8 Å². The molecule has 0 saturated heterocycles. The van der Waals surface area contributed by atoms with Crippen LogP contribution in [0.25, 0.3) is 11.0 Å². The minimum absolute atomic E-state index is 0.467. The van der Waals surface area contributed by atoms with Crippen LogP contribution in [0.2, 0.25) is 0 Å². The zero-order chi connectivity index (χ0) is 21.0. The first kappa shape index (κ1) is 20.7. The third-order valence-electron chi connectivity index (χ3n) is 4.43. The van der Waals surface area contributed by atoms with E-state index >= 15 is 0 Å². The number of nitrogens with zero attached hydrogens (tertiary/aromatic N) is 3. The highest BCUT2D eigenvalue weighted by Gasteiger charge is 2.35. The number of aliphatic carboxylic acids is 1. The van der Waals surface area contributed by atoms with Gasteiger partial charge in [-0.2, -0.15) is 5.26 Å². The molecule has 0 radical (unpaired) electrons. The maximum atomic E-state index is 12.1. The Morgan fingerprint density at radius 3 is 2.62 bits per heavy atom. The van der Waals surface area contributed by atoms with Crippen molar-refractivity contribution in [1.82, 2.24) is 9.55 Å². The molecule has 6 nitrogen and oxygen atoms in total. The SMILES string of the molecule is CC(C)(C)C(C(=O)O)n1c(SCCOc2ccccc2)nc2cc(C#N)ccc21. The van der Waals surface area contributed by atoms with Crippen LogP contribution in [-0.2, 0) is 4.79 Å². The summed E-state index contributed by atoms with van der Waals surface area (Å²) in [6.45, 7) is 6.16. The van der Waals surface area contributed by atoms with E-state index in [0.717, 1.165) is 5.75 Å². The molecule has 1 atom stereocenters. The van der Waals surface area contributed by atoms with Gasteiger partial charge in [0.15, 0.2) is 5.16 Å². The minimum Gasteiger partial charge on any atom is -0.493 e. The summed E-state index contributed by atoms with van der Waals surface area (Å²) in [6, 6.07) is 16.0. The third-order valence-corrected chi connectivity index (χ3v) is 5.34. The molecule has 1 N–H and O–H groups in total. The number of nitriles is 1. The summed E-state index contributed by atoms with van der Waals surface area (Å²) >= 11 is 1.45. The number of benzene rings is 2. The first-order valence-electron chi connectivity index (χ1n) is 9.27. The Kier molecular flexibility index (Phi) is 6.14. The quantitative estimate of drug-likeness (QED) is 0.447. The molecule has 150 valence electrons. The summed E-state index contributed by atoms with van der Waals surface area (Å²) in [5.41, 5.74) is 1.29. The number of carboxylic acid groups (broad SMARTS) is 1. The normalized spacial score (nSPS) is 12.5. The molecule has 29 heavy (non-hydrogen) atoms. The predicted molar refractivity (Wildman–Crippen MR) is 113 cm³/mol. The molecular weight excluding hydrogens is 386 g/mol. The lowest BCUT2D eigenvalue weighted by Crippen LogP contribution is -2.32. The number of aromatic nitrogens is 2. The summed E-state index contributed by atoms with van der Waals surface area (Å²) in [4.78, 5) is 16.8. The zero-order valence-electron chi connectivity index (χ0n) is 16.6. The van der Waals surface area contributed by atoms with Crippen LogP contribution in [0.15, 0.2) is 53.7 Å². The van der Waals surface area contributed by atoms with Gasteiger partial charge in [0.05, 0.1) is 29.3 Å². The van der Waals surface area contributed by atoms with E-state index in [1.165, 1.54) is 11.8 Å². The predicted octanol–water partition coefficient (Wildman–Crippen LogP) is 4.75. The van der Waals surface area contributed by atoms with Gasteiger partial charge in [-0.05, 0) is 35.7 Å². The van der Waals surface area contributed by atoms with Crippen molar-refractivity contribution in [3.8, 4) is 11.8 Å². The Hall–Kier alpha value is -2.98. The fraction of sp³-hybridized carbons (Fsp3) is 0.318. The van der Waals surface area contributed by atoms with E-state index in [4.69, 9.17) is 4.74 Å². The Labute approximate surface area is 174 Å². The Bertz CT molecular complexity index is 1050. The van der Waals surface area contributed by atoms with Crippen molar-refractivity contribution < 1.29 is 14.6 Å². The number of hydrogen-bond acceptors (Lipinski definition) is 5. The molecule has 0 saturated carbocycles. The fourth-order valence-corrected chi connectivity index (χ4v) is 4.03. The molecule has 3 aromatic rings. The molecule has 1 heterocycles. The van der Waals surface area contributed by atoms with Crippen molar-refractivity contribution in [2.75, 3.05) is 12.4 Å². The second-order valence-corrected chi connectivity index (χ2v) is 8.76. The summed E-state index contributed by atoms with van der Waals surface area (Å²) in [5.74, 6) is 0.488. The van der Waals surface area contributed by atoms with Crippen LogP contribution in [0.5, 0.6) is 5.75 Å². The van der Waals surface area contributed by atoms with E-state index in [9.17, 15) is 15.2 Å². The van der Waals surface area contributed by atoms with Gasteiger partial charge < -0.3 is 14.4 Å². The molecule has 0 aliphatic heterocycles. The average molecular weight is 410 g/mol. The van der Waals surface area contributed by atoms with Gasteiger partial charge in [-0.3, -0.25) is 0 Å². The molecule has 1 aromatic heterocycles. The Morgan fingerprint density at radius 1 is 1.28 bits per heavy atom. The zero-order valence-corrected chi connectivity index (χ0v) is 17.4. The maximum absolute atomic E-state index is 12.1. The second kappa shape index (κ2) is 8.58. The van der Waals surface area contributed by atoms with Gasteiger partial charge in [0.2, 0.25) is 0 Å². The van der Waals surface area contributed by atoms with Crippen LogP contribution < -0.4 is 4.74 Å². The largest absolute Gasteiger partial charge is 0.493 e. The van der Waals surface area contributed by atoms with E-state index in [1.807, 2.05) is 51.1 Å². The standard InChI is InChI=1S/C22H23N3O3S/c1-22(2,3)19(20(26)27)25-18-10-9-15(14-23)13-17(18)24-21(25)29-12-11-28-16-7-5-4-6-8-16/h4-10,13,19H,11-12H2,1-3H3,(H,26,27). The van der Waals surface area contributed by atoms with Gasteiger partial charge in [-0.15, -0.1) is 0 Å². The first-order valence-corrected chi connectivity index (χ1v) is 10.3. The number of carbonyl (C=O) groups is 1. The van der Waals surface area contributed by atoms with E-state index in [-0.39, 0.29) is 0 Å². The number of rotatable bonds is 7. The van der Waals surface area contributed by atoms with Crippen LogP contribution in [0.3, 0.4) is 0 Å². The van der Waals surface area contributed by atoms with Crippen LogP contribution in [-0.4, -0.2) is 33.0 Å². The number of fused-ring (bicyclic) bond motifs is 1. The Balaban J connectivity index is 1.92. The van der Waals surface area contributed by atoms with Crippen LogP contribution in [0.1, 0.15) is 32.4 Å². The maximum Gasteiger partial charge on any atom is 0.327 e. The monoisotopic (exact) mass is 409 g/mol. The van der Waals surface area contributed by atoms with Gasteiger partial charge in [0, 0.05) is 5.75 Å². The van der Waals surface area contributed by atoms with E-state index in [2.05, 4.69) is 11.1 Å². The van der Waals surface area contributed by atoms with Gasteiger partial charge in [-0.1, -0.05) is 50.7 Å². The van der Waals surface area contributed by atoms with Gasteiger partial charge >= 0.3 is 5.97 Å². The minimum atomic E-state index is -0.913. The Morgan fingerprint density at radius 2 is 2.00 bits per heavy atom. The van der Waals surface area contributed by atoms with Crippen molar-refractivity contribution in [1.29, 1.82) is 5.26 Å². The van der Waals surface area contributed by atoms with Crippen molar-refractivity contribution in [2.45, 2.75) is 32.0 Å². The molecule has 0 bridgehead atoms. The molecule has 0 aliphatic rings. The lowest BCUT2D eigenvalue weighted by atomic mass is 9.86. The van der Waals surface area contributed by atoms with Gasteiger partial charge in [0.25, 0.3) is 0 Å². The summed E-state index contributed by atoms with van der Waals surface area (Å²) in [7, 11) is 0. The molecule has 0 aliphatic carbocycles. The molecular formula is C22H23N3O3S. The third kappa shape index (κ3) is 4.72. The van der Waals surface area contributed by atoms with E-state index < -0.39 is 17.4 Å². The highest BCUT2D eigenvalue weighted by Crippen LogP contribution is 2.37. The molecule has 0 fully saturated rings. The molecule has 0 amide bonds. The molecule has 0 spiro atoms. The van der Waals surface area contributed by atoms with Crippen molar-refractivity contribution >= 4 is 28.8 Å².